The molecule has 1 heteroatoms. The predicted molar refractivity (Wildman–Crippen MR) is 243 cm³/mol. The minimum Gasteiger partial charge on any atom is -0.456 e. The molecule has 1 aromatic heterocycles. The SMILES string of the molecule is [2H]c1c(-c2ccc3ccccc3c2)c([2H])c2c(oc3c([2H])c([2H])c(-c4c([2H])c([2H])c(-c5c6c([2H])c([2H])c([2H])c([2H])c6c(-c6c([2H])c([2H])c7c([2H])c([2H])c([2H])c([2H])c7c6[2H])c6c([2H])c([2H])c([2H])c([2H])c56)c5c([2H])c([2H])c([2H])c([2H])c45)c([2H])c32)c1[2H]. The average molecular weight is 750 g/mol. The molecule has 0 fully saturated rings. The number of furan rings is 1. The van der Waals surface area contributed by atoms with Gasteiger partial charge in [0.15, 0.2) is 0 Å². The Labute approximate surface area is 367 Å². The van der Waals surface area contributed by atoms with E-state index in [1.165, 1.54) is 0 Å². The third-order valence-electron chi connectivity index (χ3n) is 9.92. The highest BCUT2D eigenvalue weighted by atomic mass is 16.3. The van der Waals surface area contributed by atoms with Gasteiger partial charge in [-0.15, -0.1) is 0 Å². The first-order valence-corrected chi connectivity index (χ1v) is 17.5. The highest BCUT2D eigenvalue weighted by Gasteiger charge is 2.20. The van der Waals surface area contributed by atoms with Gasteiger partial charge in [-0.2, -0.15) is 0 Å². The molecular weight excluding hydrogens is 689 g/mol. The van der Waals surface area contributed by atoms with Gasteiger partial charge < -0.3 is 4.42 Å². The summed E-state index contributed by atoms with van der Waals surface area (Å²) in [6, 6.07) is -12.1. The second kappa shape index (κ2) is 12.5. The Kier molecular flexibility index (Phi) is 3.35. The lowest BCUT2D eigenvalue weighted by atomic mass is 9.83. The van der Waals surface area contributed by atoms with Crippen LogP contribution in [-0.4, -0.2) is 0 Å². The largest absolute Gasteiger partial charge is 0.456 e. The summed E-state index contributed by atoms with van der Waals surface area (Å²) < 4.78 is 256. The summed E-state index contributed by atoms with van der Waals surface area (Å²) in [7, 11) is 0. The first kappa shape index (κ1) is 15.2. The highest BCUT2D eigenvalue weighted by Crippen LogP contribution is 2.47. The van der Waals surface area contributed by atoms with E-state index in [9.17, 15) is 19.2 Å². The second-order valence-corrected chi connectivity index (χ2v) is 13.1. The maximum atomic E-state index is 10.1. The summed E-state index contributed by atoms with van der Waals surface area (Å²) >= 11 is 0. The number of rotatable bonds is 4. The minimum atomic E-state index is -1.09. The standard InChI is InChI=1S/C56H34O/c1-3-13-37-31-39(23-21-35(37)11-1)40-25-29-53-51(33-40)52-34-41(26-30-54(52)57-53)43-27-28-50(45-16-6-5-15-44(43)45)56-48-19-9-7-17-46(48)55(47-18-8-10-20-49(47)56)42-24-22-36-12-2-4-14-38(36)32-42/h1-34H/i2D,4D,5D,6D,7D,8D,9D,10D,12D,14D,15D,16D,17D,18D,19D,20D,22D,24D,25D,26D,27D,28D,29D,30D,32D,33D,34D. The van der Waals surface area contributed by atoms with Crippen molar-refractivity contribution in [2.45, 2.75) is 0 Å². The molecule has 0 saturated heterocycles. The van der Waals surface area contributed by atoms with E-state index in [2.05, 4.69) is 0 Å². The van der Waals surface area contributed by atoms with Gasteiger partial charge in [0, 0.05) is 10.8 Å². The van der Waals surface area contributed by atoms with Crippen LogP contribution in [0.3, 0.4) is 0 Å². The molecule has 0 amide bonds. The van der Waals surface area contributed by atoms with Gasteiger partial charge in [0.1, 0.15) is 11.2 Å². The first-order valence-electron chi connectivity index (χ1n) is 31.0. The molecule has 0 atom stereocenters. The minimum absolute atomic E-state index is 0.0742. The van der Waals surface area contributed by atoms with E-state index in [0.717, 1.165) is 10.8 Å². The van der Waals surface area contributed by atoms with Gasteiger partial charge in [0.2, 0.25) is 0 Å². The molecule has 0 aliphatic rings. The van der Waals surface area contributed by atoms with E-state index < -0.39 is 251 Å². The van der Waals surface area contributed by atoms with Crippen LogP contribution in [0.4, 0.5) is 0 Å². The predicted octanol–water partition coefficient (Wildman–Crippen LogP) is 16.0. The fraction of sp³-hybridized carbons (Fsp3) is 0. The van der Waals surface area contributed by atoms with Crippen molar-refractivity contribution in [3.63, 3.8) is 0 Å². The Morgan fingerprint density at radius 1 is 0.316 bits per heavy atom. The molecule has 0 spiro atoms. The zero-order valence-corrected chi connectivity index (χ0v) is 28.9. The van der Waals surface area contributed by atoms with Crippen molar-refractivity contribution in [2.24, 2.45) is 0 Å². The van der Waals surface area contributed by atoms with Crippen LogP contribution in [0.5, 0.6) is 0 Å². The van der Waals surface area contributed by atoms with Crippen LogP contribution in [0.1, 0.15) is 37.0 Å². The van der Waals surface area contributed by atoms with Gasteiger partial charge in [-0.1, -0.05) is 169 Å². The fourth-order valence-electron chi connectivity index (χ4n) is 7.35. The molecule has 0 bridgehead atoms. The summed E-state index contributed by atoms with van der Waals surface area (Å²) in [4.78, 5) is 0. The van der Waals surface area contributed by atoms with E-state index >= 15 is 0 Å². The molecule has 0 radical (unpaired) electrons. The summed E-state index contributed by atoms with van der Waals surface area (Å²) in [6.07, 6.45) is 0. The van der Waals surface area contributed by atoms with Crippen LogP contribution in [0.2, 0.25) is 0 Å². The molecule has 12 aromatic rings. The Morgan fingerprint density at radius 3 is 1.58 bits per heavy atom. The van der Waals surface area contributed by atoms with Crippen molar-refractivity contribution in [3.05, 3.63) is 206 Å². The fourth-order valence-corrected chi connectivity index (χ4v) is 7.35. The average Bonchev–Trinajstić information content (AvgIpc) is 0.934. The molecule has 0 unspecified atom stereocenters. The lowest BCUT2D eigenvalue weighted by molar-refractivity contribution is 0.669. The molecule has 0 saturated carbocycles. The van der Waals surface area contributed by atoms with E-state index in [1.54, 1.807) is 30.3 Å². The van der Waals surface area contributed by atoms with Gasteiger partial charge in [0.05, 0.1) is 37.0 Å². The zero-order chi connectivity index (χ0) is 60.9. The van der Waals surface area contributed by atoms with Crippen LogP contribution >= 0.6 is 0 Å². The van der Waals surface area contributed by atoms with Crippen molar-refractivity contribution >= 4 is 75.8 Å². The summed E-state index contributed by atoms with van der Waals surface area (Å²) in [5.41, 5.74) is -5.24. The number of benzene rings is 11. The number of fused-ring (bicyclic) bond motifs is 8. The van der Waals surface area contributed by atoms with Crippen LogP contribution in [0.15, 0.2) is 210 Å². The molecule has 11 aromatic carbocycles. The monoisotopic (exact) mass is 749 g/mol. The van der Waals surface area contributed by atoms with Crippen molar-refractivity contribution < 1.29 is 41.4 Å². The Bertz CT molecular complexity index is 5080. The highest BCUT2D eigenvalue weighted by molar-refractivity contribution is 6.24. The molecule has 0 N–H and O–H groups in total. The van der Waals surface area contributed by atoms with Gasteiger partial charge in [-0.05, 0) is 135 Å². The normalized spacial score (nSPS) is 18.5. The lowest BCUT2D eigenvalue weighted by Gasteiger charge is -2.20. The topological polar surface area (TPSA) is 13.1 Å². The van der Waals surface area contributed by atoms with Crippen LogP contribution < -0.4 is 0 Å². The van der Waals surface area contributed by atoms with Gasteiger partial charge >= 0.3 is 0 Å². The Morgan fingerprint density at radius 2 is 0.860 bits per heavy atom. The Hall–Kier alpha value is -7.48. The summed E-state index contributed by atoms with van der Waals surface area (Å²) in [5, 5.41) is -4.89. The third-order valence-corrected chi connectivity index (χ3v) is 9.92. The molecule has 1 heterocycles. The molecule has 0 aliphatic heterocycles. The summed E-state index contributed by atoms with van der Waals surface area (Å²) in [6.45, 7) is 0. The first-order chi connectivity index (χ1) is 39.5. The van der Waals surface area contributed by atoms with Crippen LogP contribution in [0.25, 0.3) is 120 Å². The molecular formula is C56H34O. The molecule has 1 nitrogen and oxygen atoms in total. The molecule has 12 rings (SSSR count). The molecule has 57 heavy (non-hydrogen) atoms. The smallest absolute Gasteiger partial charge is 0.135 e. The van der Waals surface area contributed by atoms with Crippen molar-refractivity contribution in [2.75, 3.05) is 0 Å². The third kappa shape index (κ3) is 5.03. The molecule has 0 aliphatic carbocycles. The second-order valence-electron chi connectivity index (χ2n) is 13.1. The van der Waals surface area contributed by atoms with Crippen molar-refractivity contribution in [3.8, 4) is 44.5 Å². The van der Waals surface area contributed by atoms with Gasteiger partial charge in [0.25, 0.3) is 0 Å². The van der Waals surface area contributed by atoms with E-state index in [-0.39, 0.29) is 16.3 Å². The van der Waals surface area contributed by atoms with Crippen molar-refractivity contribution in [1.29, 1.82) is 0 Å². The Balaban J connectivity index is 1.30. The van der Waals surface area contributed by atoms with Crippen molar-refractivity contribution in [1.82, 2.24) is 0 Å². The van der Waals surface area contributed by atoms with Crippen LogP contribution in [0, 0.1) is 0 Å². The van der Waals surface area contributed by atoms with Gasteiger partial charge in [-0.3, -0.25) is 0 Å². The van der Waals surface area contributed by atoms with E-state index in [0.29, 0.717) is 5.56 Å². The lowest BCUT2D eigenvalue weighted by Crippen LogP contribution is -1.92. The van der Waals surface area contributed by atoms with E-state index in [1.807, 2.05) is 12.1 Å². The van der Waals surface area contributed by atoms with E-state index in [4.69, 9.17) is 22.2 Å². The van der Waals surface area contributed by atoms with Crippen LogP contribution in [-0.2, 0) is 0 Å². The quantitative estimate of drug-likeness (QED) is 0.163. The number of hydrogen-bond acceptors (Lipinski definition) is 1. The summed E-state index contributed by atoms with van der Waals surface area (Å²) in [5.74, 6) is 0. The molecule has 264 valence electrons. The maximum Gasteiger partial charge on any atom is 0.135 e. The zero-order valence-electron chi connectivity index (χ0n) is 55.9. The maximum absolute atomic E-state index is 10.1. The number of hydrogen-bond donors (Lipinski definition) is 0. The van der Waals surface area contributed by atoms with Gasteiger partial charge in [-0.25, -0.2) is 0 Å².